The fourth-order valence-electron chi connectivity index (χ4n) is 1.87. The smallest absolute Gasteiger partial charge is 0.407 e. The third kappa shape index (κ3) is 5.92. The zero-order chi connectivity index (χ0) is 14.6. The van der Waals surface area contributed by atoms with Crippen LogP contribution in [0.5, 0.6) is 0 Å². The van der Waals surface area contributed by atoms with Gasteiger partial charge in [-0.2, -0.15) is 0 Å². The van der Waals surface area contributed by atoms with E-state index in [1.165, 1.54) is 6.92 Å². The molecule has 1 fully saturated rings. The van der Waals surface area contributed by atoms with Gasteiger partial charge < -0.3 is 19.5 Å². The largest absolute Gasteiger partial charge is 0.444 e. The SMILES string of the molecule is CC(=O)OC1CC[C@H](NC(=O)OC(C)(C)C)[C@H](C)O1. The molecule has 0 bridgehead atoms. The van der Waals surface area contributed by atoms with Crippen molar-refractivity contribution in [1.82, 2.24) is 5.32 Å². The van der Waals surface area contributed by atoms with Crippen LogP contribution in [0.25, 0.3) is 0 Å². The highest BCUT2D eigenvalue weighted by atomic mass is 16.7. The fourth-order valence-corrected chi connectivity index (χ4v) is 1.87. The molecule has 1 aliphatic heterocycles. The van der Waals surface area contributed by atoms with E-state index in [9.17, 15) is 9.59 Å². The van der Waals surface area contributed by atoms with E-state index in [4.69, 9.17) is 14.2 Å². The number of carbonyl (C=O) groups excluding carboxylic acids is 2. The Morgan fingerprint density at radius 1 is 1.26 bits per heavy atom. The van der Waals surface area contributed by atoms with E-state index in [0.717, 1.165) is 0 Å². The first-order chi connectivity index (χ1) is 8.67. The van der Waals surface area contributed by atoms with E-state index >= 15 is 0 Å². The number of alkyl carbamates (subject to hydrolysis) is 1. The maximum absolute atomic E-state index is 11.7. The minimum Gasteiger partial charge on any atom is -0.444 e. The van der Waals surface area contributed by atoms with Crippen LogP contribution >= 0.6 is 0 Å². The molecule has 1 heterocycles. The zero-order valence-corrected chi connectivity index (χ0v) is 12.2. The van der Waals surface area contributed by atoms with Gasteiger partial charge in [0.25, 0.3) is 0 Å². The number of rotatable bonds is 2. The molecule has 0 aliphatic carbocycles. The van der Waals surface area contributed by atoms with Crippen LogP contribution in [-0.2, 0) is 19.0 Å². The number of carbonyl (C=O) groups is 2. The van der Waals surface area contributed by atoms with Crippen LogP contribution in [0.1, 0.15) is 47.5 Å². The maximum Gasteiger partial charge on any atom is 0.407 e. The van der Waals surface area contributed by atoms with Crippen molar-refractivity contribution in [2.24, 2.45) is 0 Å². The lowest BCUT2D eigenvalue weighted by Crippen LogP contribution is -2.49. The molecule has 6 nitrogen and oxygen atoms in total. The number of nitrogens with one attached hydrogen (secondary N) is 1. The number of esters is 1. The van der Waals surface area contributed by atoms with Crippen LogP contribution in [0.4, 0.5) is 4.79 Å². The molecule has 0 radical (unpaired) electrons. The summed E-state index contributed by atoms with van der Waals surface area (Å²) in [4.78, 5) is 22.5. The first-order valence-corrected chi connectivity index (χ1v) is 6.49. The summed E-state index contributed by atoms with van der Waals surface area (Å²) in [7, 11) is 0. The molecular weight excluding hydrogens is 250 g/mol. The van der Waals surface area contributed by atoms with Gasteiger partial charge in [0.05, 0.1) is 12.1 Å². The Balaban J connectivity index is 2.41. The molecule has 0 aromatic carbocycles. The van der Waals surface area contributed by atoms with Crippen molar-refractivity contribution in [3.05, 3.63) is 0 Å². The Bertz CT molecular complexity index is 336. The summed E-state index contributed by atoms with van der Waals surface area (Å²) in [5, 5.41) is 2.77. The molecular formula is C13H23NO5. The van der Waals surface area contributed by atoms with E-state index in [1.54, 1.807) is 0 Å². The van der Waals surface area contributed by atoms with Crippen molar-refractivity contribution < 1.29 is 23.8 Å². The lowest BCUT2D eigenvalue weighted by Gasteiger charge is -2.34. The van der Waals surface area contributed by atoms with Crippen LogP contribution in [0.3, 0.4) is 0 Å². The molecule has 3 atom stereocenters. The zero-order valence-electron chi connectivity index (χ0n) is 12.2. The average molecular weight is 273 g/mol. The molecule has 1 N–H and O–H groups in total. The standard InChI is InChI=1S/C13H23NO5/c1-8-10(14-12(16)19-13(3,4)5)6-7-11(17-8)18-9(2)15/h8,10-11H,6-7H2,1-5H3,(H,14,16)/t8-,10-,11?/m0/s1. The highest BCUT2D eigenvalue weighted by Crippen LogP contribution is 2.21. The van der Waals surface area contributed by atoms with Gasteiger partial charge in [-0.05, 0) is 34.1 Å². The van der Waals surface area contributed by atoms with Crippen LogP contribution in [0, 0.1) is 0 Å². The minimum absolute atomic E-state index is 0.137. The quantitative estimate of drug-likeness (QED) is 0.779. The third-order valence-electron chi connectivity index (χ3n) is 2.65. The molecule has 1 saturated heterocycles. The Labute approximate surface area is 113 Å². The van der Waals surface area contributed by atoms with Gasteiger partial charge >= 0.3 is 12.1 Å². The first kappa shape index (κ1) is 15.8. The van der Waals surface area contributed by atoms with Crippen molar-refractivity contribution in [2.45, 2.75) is 71.5 Å². The van der Waals surface area contributed by atoms with Crippen LogP contribution < -0.4 is 5.32 Å². The molecule has 1 rings (SSSR count). The second-order valence-electron chi connectivity index (χ2n) is 5.71. The Morgan fingerprint density at radius 3 is 2.37 bits per heavy atom. The normalized spacial score (nSPS) is 27.5. The highest BCUT2D eigenvalue weighted by Gasteiger charge is 2.31. The average Bonchev–Trinajstić information content (AvgIpc) is 2.18. The van der Waals surface area contributed by atoms with Gasteiger partial charge in [0.1, 0.15) is 5.60 Å². The summed E-state index contributed by atoms with van der Waals surface area (Å²) in [6, 6.07) is -0.137. The minimum atomic E-state index is -0.525. The summed E-state index contributed by atoms with van der Waals surface area (Å²) in [5.74, 6) is -0.365. The van der Waals surface area contributed by atoms with Gasteiger partial charge in [-0.3, -0.25) is 4.79 Å². The fraction of sp³-hybridized carbons (Fsp3) is 0.846. The molecule has 19 heavy (non-hydrogen) atoms. The van der Waals surface area contributed by atoms with Gasteiger partial charge in [0.2, 0.25) is 6.29 Å². The van der Waals surface area contributed by atoms with Crippen molar-refractivity contribution in [1.29, 1.82) is 0 Å². The van der Waals surface area contributed by atoms with Gasteiger partial charge in [-0.15, -0.1) is 0 Å². The number of amides is 1. The first-order valence-electron chi connectivity index (χ1n) is 6.49. The Kier molecular flexibility index (Phi) is 5.17. The number of hydrogen-bond acceptors (Lipinski definition) is 5. The molecule has 110 valence electrons. The van der Waals surface area contributed by atoms with E-state index in [2.05, 4.69) is 5.32 Å². The summed E-state index contributed by atoms with van der Waals surface area (Å²) < 4.78 is 15.7. The summed E-state index contributed by atoms with van der Waals surface area (Å²) in [5.41, 5.74) is -0.525. The highest BCUT2D eigenvalue weighted by molar-refractivity contribution is 5.68. The van der Waals surface area contributed by atoms with E-state index in [0.29, 0.717) is 12.8 Å². The monoisotopic (exact) mass is 273 g/mol. The lowest BCUT2D eigenvalue weighted by molar-refractivity contribution is -0.202. The van der Waals surface area contributed by atoms with Crippen LogP contribution in [-0.4, -0.2) is 36.1 Å². The number of hydrogen-bond donors (Lipinski definition) is 1. The molecule has 0 spiro atoms. The summed E-state index contributed by atoms with van der Waals surface area (Å²) >= 11 is 0. The molecule has 6 heteroatoms. The van der Waals surface area contributed by atoms with E-state index in [1.807, 2.05) is 27.7 Å². The van der Waals surface area contributed by atoms with E-state index < -0.39 is 18.0 Å². The molecule has 1 amide bonds. The maximum atomic E-state index is 11.7. The molecule has 1 aliphatic rings. The van der Waals surface area contributed by atoms with Crippen LogP contribution in [0.2, 0.25) is 0 Å². The Hall–Kier alpha value is -1.30. The van der Waals surface area contributed by atoms with E-state index in [-0.39, 0.29) is 18.1 Å². The molecule has 0 aromatic rings. The van der Waals surface area contributed by atoms with Gasteiger partial charge in [-0.1, -0.05) is 0 Å². The molecule has 0 aromatic heterocycles. The van der Waals surface area contributed by atoms with Crippen molar-refractivity contribution in [2.75, 3.05) is 0 Å². The second-order valence-corrected chi connectivity index (χ2v) is 5.71. The molecule has 1 unspecified atom stereocenters. The van der Waals surface area contributed by atoms with Crippen molar-refractivity contribution >= 4 is 12.1 Å². The van der Waals surface area contributed by atoms with Crippen molar-refractivity contribution in [3.8, 4) is 0 Å². The van der Waals surface area contributed by atoms with Gasteiger partial charge in [0, 0.05) is 13.3 Å². The second kappa shape index (κ2) is 6.23. The number of ether oxygens (including phenoxy) is 3. The van der Waals surface area contributed by atoms with Gasteiger partial charge in [-0.25, -0.2) is 4.79 Å². The van der Waals surface area contributed by atoms with Gasteiger partial charge in [0.15, 0.2) is 0 Å². The predicted molar refractivity (Wildman–Crippen MR) is 68.5 cm³/mol. The van der Waals surface area contributed by atoms with Crippen LogP contribution in [0.15, 0.2) is 0 Å². The predicted octanol–water partition coefficient (Wildman–Crippen LogP) is 1.97. The third-order valence-corrected chi connectivity index (χ3v) is 2.65. The lowest BCUT2D eigenvalue weighted by atomic mass is 10.0. The topological polar surface area (TPSA) is 73.9 Å². The molecule has 0 saturated carbocycles. The Morgan fingerprint density at radius 2 is 1.89 bits per heavy atom. The summed E-state index contributed by atoms with van der Waals surface area (Å²) in [6.45, 7) is 8.61. The summed E-state index contributed by atoms with van der Waals surface area (Å²) in [6.07, 6.45) is 0.0247. The van der Waals surface area contributed by atoms with Crippen molar-refractivity contribution in [3.63, 3.8) is 0 Å².